The Hall–Kier alpha value is -3.49. The maximum absolute atomic E-state index is 13.4. The number of carbonyl (C=O) groups is 1. The monoisotopic (exact) mass is 472 g/mol. The van der Waals surface area contributed by atoms with Crippen molar-refractivity contribution in [2.75, 3.05) is 18.2 Å². The number of aryl methyl sites for hydroxylation is 2. The lowest BCUT2D eigenvalue weighted by atomic mass is 9.99. The molecule has 0 radical (unpaired) electrons. The highest BCUT2D eigenvalue weighted by Gasteiger charge is 2.56. The van der Waals surface area contributed by atoms with Gasteiger partial charge in [0.15, 0.2) is 17.1 Å². The smallest absolute Gasteiger partial charge is 0.383 e. The van der Waals surface area contributed by atoms with Gasteiger partial charge in [-0.3, -0.25) is 9.48 Å². The molecule has 0 bridgehead atoms. The number of alkyl halides is 5. The summed E-state index contributed by atoms with van der Waals surface area (Å²) in [5, 5.41) is 6.87. The number of methoxy groups -OCH3 is 1. The molecule has 1 aliphatic rings. The zero-order chi connectivity index (χ0) is 24.3. The number of hydrogen-bond acceptors (Lipinski definition) is 8. The van der Waals surface area contributed by atoms with Crippen molar-refractivity contribution in [2.24, 2.45) is 7.05 Å². The number of amides is 1. The second kappa shape index (κ2) is 7.26. The number of carbonyl (C=O) groups excluding carboxylic acids is 1. The number of nitrogens with one attached hydrogen (secondary N) is 1. The second-order valence-corrected chi connectivity index (χ2v) is 7.54. The number of halogens is 5. The number of aromatic nitrogens is 6. The van der Waals surface area contributed by atoms with Crippen LogP contribution in [0.4, 0.5) is 33.6 Å². The Morgan fingerprint density at radius 2 is 1.88 bits per heavy atom. The molecule has 10 nitrogen and oxygen atoms in total. The third-order valence-electron chi connectivity index (χ3n) is 5.42. The summed E-state index contributed by atoms with van der Waals surface area (Å²) in [4.78, 5) is 29.0. The third-order valence-corrected chi connectivity index (χ3v) is 5.42. The number of hydrogen-bond donors (Lipinski definition) is 2. The standard InChI is InChI=1S/C18H17F5N8O2/c1-16(33-3)9-11(24)28-13(29-12(9)30-15(16)32)10-7-6-25-31(2)14(7)27-8(26-10)4-5-17(19,20)18(21,22)23/h6H,4-5H2,1-3H3,(H3,24,28,29,30,32). The van der Waals surface area contributed by atoms with Gasteiger partial charge in [0, 0.05) is 27.0 Å². The maximum atomic E-state index is 13.4. The molecule has 15 heteroatoms. The summed E-state index contributed by atoms with van der Waals surface area (Å²) in [6.07, 6.45) is -6.66. The van der Waals surface area contributed by atoms with Crippen molar-refractivity contribution in [3.63, 3.8) is 0 Å². The number of rotatable bonds is 5. The van der Waals surface area contributed by atoms with E-state index in [9.17, 15) is 26.7 Å². The fourth-order valence-electron chi connectivity index (χ4n) is 3.44. The fourth-order valence-corrected chi connectivity index (χ4v) is 3.44. The molecular formula is C18H17F5N8O2. The van der Waals surface area contributed by atoms with Crippen LogP contribution in [0.1, 0.15) is 24.7 Å². The lowest BCUT2D eigenvalue weighted by Crippen LogP contribution is -2.36. The van der Waals surface area contributed by atoms with E-state index >= 15 is 0 Å². The SMILES string of the molecule is COC1(C)C(=O)Nc2nc(-c3nc(CCC(F)(F)C(F)(F)F)nc4c3cnn4C)nc(N)c21. The van der Waals surface area contributed by atoms with Crippen molar-refractivity contribution in [3.8, 4) is 11.5 Å². The molecule has 3 N–H and O–H groups in total. The molecule has 176 valence electrons. The van der Waals surface area contributed by atoms with Gasteiger partial charge in [0.25, 0.3) is 5.91 Å². The third kappa shape index (κ3) is 3.51. The number of anilines is 2. The van der Waals surface area contributed by atoms with Crippen LogP contribution in [0.2, 0.25) is 0 Å². The van der Waals surface area contributed by atoms with Gasteiger partial charge in [-0.25, -0.2) is 19.9 Å². The van der Waals surface area contributed by atoms with E-state index in [2.05, 4.69) is 30.4 Å². The first-order valence-corrected chi connectivity index (χ1v) is 9.46. The predicted octanol–water partition coefficient (Wildman–Crippen LogP) is 2.35. The van der Waals surface area contributed by atoms with E-state index in [1.807, 2.05) is 0 Å². The molecule has 0 spiro atoms. The van der Waals surface area contributed by atoms with Crippen LogP contribution < -0.4 is 11.1 Å². The second-order valence-electron chi connectivity index (χ2n) is 7.54. The van der Waals surface area contributed by atoms with Gasteiger partial charge >= 0.3 is 12.1 Å². The van der Waals surface area contributed by atoms with Crippen LogP contribution in [-0.4, -0.2) is 54.8 Å². The average molecular weight is 472 g/mol. The molecule has 1 amide bonds. The first-order valence-electron chi connectivity index (χ1n) is 9.46. The van der Waals surface area contributed by atoms with E-state index in [0.29, 0.717) is 5.39 Å². The summed E-state index contributed by atoms with van der Waals surface area (Å²) in [7, 11) is 2.82. The average Bonchev–Trinajstić information content (AvgIpc) is 3.22. The maximum Gasteiger partial charge on any atom is 0.453 e. The molecule has 33 heavy (non-hydrogen) atoms. The highest BCUT2D eigenvalue weighted by atomic mass is 19.4. The molecule has 4 rings (SSSR count). The molecule has 3 aromatic rings. The summed E-state index contributed by atoms with van der Waals surface area (Å²) >= 11 is 0. The molecule has 1 aliphatic heterocycles. The van der Waals surface area contributed by atoms with E-state index in [-0.39, 0.29) is 40.2 Å². The minimum Gasteiger partial charge on any atom is -0.383 e. The molecular weight excluding hydrogens is 455 g/mol. The number of nitrogens with zero attached hydrogens (tertiary/aromatic N) is 6. The van der Waals surface area contributed by atoms with Gasteiger partial charge in [0.2, 0.25) is 0 Å². The summed E-state index contributed by atoms with van der Waals surface area (Å²) in [5.41, 5.74) is 5.02. The van der Waals surface area contributed by atoms with E-state index in [1.54, 1.807) is 0 Å². The number of fused-ring (bicyclic) bond motifs is 2. The summed E-state index contributed by atoms with van der Waals surface area (Å²) in [6.45, 7) is 1.48. The Bertz CT molecular complexity index is 1270. The van der Waals surface area contributed by atoms with Crippen molar-refractivity contribution < 1.29 is 31.5 Å². The van der Waals surface area contributed by atoms with E-state index < -0.39 is 36.4 Å². The Morgan fingerprint density at radius 3 is 2.52 bits per heavy atom. The topological polar surface area (TPSA) is 134 Å². The van der Waals surface area contributed by atoms with Crippen LogP contribution in [-0.2, 0) is 28.6 Å². The minimum absolute atomic E-state index is 0.00759. The molecule has 1 atom stereocenters. The van der Waals surface area contributed by atoms with Crippen LogP contribution in [0.5, 0.6) is 0 Å². The molecule has 3 aromatic heterocycles. The molecule has 1 unspecified atom stereocenters. The molecule has 0 saturated carbocycles. The Kier molecular flexibility index (Phi) is 4.99. The number of ether oxygens (including phenoxy) is 1. The molecule has 4 heterocycles. The summed E-state index contributed by atoms with van der Waals surface area (Å²) in [5.74, 6) is -5.87. The van der Waals surface area contributed by atoms with Crippen molar-refractivity contribution in [3.05, 3.63) is 17.6 Å². The minimum atomic E-state index is -5.70. The lowest BCUT2D eigenvalue weighted by molar-refractivity contribution is -0.284. The molecule has 0 saturated heterocycles. The van der Waals surface area contributed by atoms with Gasteiger partial charge in [0.1, 0.15) is 23.2 Å². The van der Waals surface area contributed by atoms with Gasteiger partial charge in [-0.05, 0) is 6.92 Å². The molecule has 0 aromatic carbocycles. The number of nitrogens with two attached hydrogens (primary N) is 1. The molecule has 0 aliphatic carbocycles. The quantitative estimate of drug-likeness (QED) is 0.541. The fraction of sp³-hybridized carbons (Fsp3) is 0.444. The van der Waals surface area contributed by atoms with Crippen LogP contribution in [0, 0.1) is 0 Å². The molecule has 0 fully saturated rings. The number of nitrogen functional groups attached to an aromatic ring is 1. The van der Waals surface area contributed by atoms with E-state index in [0.717, 1.165) is 0 Å². The van der Waals surface area contributed by atoms with Gasteiger partial charge in [0.05, 0.1) is 17.1 Å². The zero-order valence-electron chi connectivity index (χ0n) is 17.5. The summed E-state index contributed by atoms with van der Waals surface area (Å²) in [6, 6.07) is 0. The van der Waals surface area contributed by atoms with Gasteiger partial charge in [-0.15, -0.1) is 0 Å². The highest BCUT2D eigenvalue weighted by Crippen LogP contribution is 2.42. The lowest BCUT2D eigenvalue weighted by Gasteiger charge is -2.20. The summed E-state index contributed by atoms with van der Waals surface area (Å²) < 4.78 is 71.1. The first-order chi connectivity index (χ1) is 15.3. The van der Waals surface area contributed by atoms with E-state index in [1.165, 1.54) is 32.0 Å². The van der Waals surface area contributed by atoms with Gasteiger partial charge in [-0.1, -0.05) is 0 Å². The van der Waals surface area contributed by atoms with Crippen molar-refractivity contribution in [2.45, 2.75) is 37.5 Å². The van der Waals surface area contributed by atoms with E-state index in [4.69, 9.17) is 10.5 Å². The van der Waals surface area contributed by atoms with Crippen molar-refractivity contribution in [1.29, 1.82) is 0 Å². The van der Waals surface area contributed by atoms with Crippen LogP contribution in [0.15, 0.2) is 6.20 Å². The van der Waals surface area contributed by atoms with Crippen LogP contribution in [0.3, 0.4) is 0 Å². The zero-order valence-corrected chi connectivity index (χ0v) is 17.5. The van der Waals surface area contributed by atoms with Crippen LogP contribution >= 0.6 is 0 Å². The predicted molar refractivity (Wildman–Crippen MR) is 104 cm³/mol. The van der Waals surface area contributed by atoms with Crippen LogP contribution in [0.25, 0.3) is 22.6 Å². The van der Waals surface area contributed by atoms with Crippen molar-refractivity contribution >= 4 is 28.6 Å². The Labute approximate surface area is 182 Å². The van der Waals surface area contributed by atoms with Gasteiger partial charge in [-0.2, -0.15) is 27.1 Å². The Balaban J connectivity index is 1.82. The van der Waals surface area contributed by atoms with Crippen molar-refractivity contribution in [1.82, 2.24) is 29.7 Å². The Morgan fingerprint density at radius 1 is 1.18 bits per heavy atom. The normalized spacial score (nSPS) is 18.6. The largest absolute Gasteiger partial charge is 0.453 e. The van der Waals surface area contributed by atoms with Gasteiger partial charge < -0.3 is 15.8 Å². The highest BCUT2D eigenvalue weighted by molar-refractivity contribution is 6.05. The first kappa shape index (κ1) is 22.7.